The number of nitrogens with zero attached hydrogens (tertiary/aromatic N) is 4. The summed E-state index contributed by atoms with van der Waals surface area (Å²) in [6.07, 6.45) is 2.67. The maximum Gasteiger partial charge on any atom is 0.262 e. The third kappa shape index (κ3) is 7.06. The van der Waals surface area contributed by atoms with Crippen molar-refractivity contribution in [1.29, 1.82) is 5.26 Å². The quantitative estimate of drug-likeness (QED) is 0.270. The second-order valence-electron chi connectivity index (χ2n) is 17.2. The molecule has 2 saturated carbocycles. The van der Waals surface area contributed by atoms with E-state index in [1.165, 1.54) is 0 Å². The van der Waals surface area contributed by atoms with Crippen LogP contribution < -0.4 is 25.0 Å². The summed E-state index contributed by atoms with van der Waals surface area (Å²) in [5.74, 6) is -1.15. The number of carbonyl (C=O) groups is 5. The third-order valence-corrected chi connectivity index (χ3v) is 13.1. The first kappa shape index (κ1) is 39.4. The van der Waals surface area contributed by atoms with Gasteiger partial charge in [-0.1, -0.05) is 39.3 Å². The van der Waals surface area contributed by atoms with Crippen molar-refractivity contribution < 1.29 is 33.4 Å². The molecule has 8 rings (SSSR count). The van der Waals surface area contributed by atoms with E-state index < -0.39 is 29.7 Å². The van der Waals surface area contributed by atoms with Crippen LogP contribution in [0.1, 0.15) is 96.4 Å². The van der Waals surface area contributed by atoms with E-state index in [1.54, 1.807) is 36.4 Å². The molecule has 0 aromatic heterocycles. The first-order valence-electron chi connectivity index (χ1n) is 19.9. The molecule has 3 aromatic rings. The number of piperidine rings is 1. The number of rotatable bonds is 9. The Bertz CT molecular complexity index is 2210. The Balaban J connectivity index is 0.810. The summed E-state index contributed by atoms with van der Waals surface area (Å²) in [5.41, 5.74) is 1.78. The molecule has 302 valence electrons. The zero-order valence-electron chi connectivity index (χ0n) is 33.0. The van der Waals surface area contributed by atoms with Gasteiger partial charge in [-0.3, -0.25) is 39.1 Å². The first-order chi connectivity index (χ1) is 27.6. The molecule has 58 heavy (non-hydrogen) atoms. The van der Waals surface area contributed by atoms with Gasteiger partial charge in [-0.2, -0.15) is 5.26 Å². The highest BCUT2D eigenvalue weighted by Gasteiger charge is 2.64. The van der Waals surface area contributed by atoms with Crippen LogP contribution in [-0.4, -0.2) is 95.8 Å². The van der Waals surface area contributed by atoms with Gasteiger partial charge in [0.2, 0.25) is 11.8 Å². The fourth-order valence-electron chi connectivity index (χ4n) is 10.1. The van der Waals surface area contributed by atoms with Gasteiger partial charge < -0.3 is 19.7 Å². The number of hydrogen-bond acceptors (Lipinski definition) is 10. The smallest absolute Gasteiger partial charge is 0.262 e. The highest BCUT2D eigenvalue weighted by atomic mass is 35.5. The summed E-state index contributed by atoms with van der Waals surface area (Å²) in [7, 11) is 0. The zero-order valence-corrected chi connectivity index (χ0v) is 33.8. The van der Waals surface area contributed by atoms with E-state index in [1.807, 2.05) is 24.3 Å². The van der Waals surface area contributed by atoms with Gasteiger partial charge in [0.1, 0.15) is 35.8 Å². The molecule has 2 aliphatic carbocycles. The summed E-state index contributed by atoms with van der Waals surface area (Å²) in [6, 6.07) is 19.0. The fourth-order valence-corrected chi connectivity index (χ4v) is 10.3. The Morgan fingerprint density at radius 3 is 2.19 bits per heavy atom. The molecular weight excluding hydrogens is 760 g/mol. The average molecular weight is 807 g/mol. The van der Waals surface area contributed by atoms with Crippen molar-refractivity contribution in [3.05, 3.63) is 87.9 Å². The minimum absolute atomic E-state index is 0.0330. The molecule has 1 unspecified atom stereocenters. The Morgan fingerprint density at radius 2 is 1.52 bits per heavy atom. The topological polar surface area (TPSA) is 161 Å². The number of amides is 5. The van der Waals surface area contributed by atoms with Crippen molar-refractivity contribution in [1.82, 2.24) is 20.4 Å². The number of nitriles is 1. The van der Waals surface area contributed by atoms with Gasteiger partial charge in [-0.25, -0.2) is 0 Å². The molecule has 4 fully saturated rings. The van der Waals surface area contributed by atoms with E-state index in [0.29, 0.717) is 33.7 Å². The van der Waals surface area contributed by atoms with E-state index in [9.17, 15) is 29.2 Å². The van der Waals surface area contributed by atoms with Crippen LogP contribution in [0.2, 0.25) is 5.02 Å². The van der Waals surface area contributed by atoms with Gasteiger partial charge in [-0.15, -0.1) is 0 Å². The fraction of sp³-hybridized carbons (Fsp3) is 0.455. The monoisotopic (exact) mass is 806 g/mol. The highest BCUT2D eigenvalue weighted by molar-refractivity contribution is 6.31. The number of carbonyl (C=O) groups excluding carboxylic acids is 5. The van der Waals surface area contributed by atoms with Crippen LogP contribution >= 0.6 is 11.6 Å². The van der Waals surface area contributed by atoms with Crippen molar-refractivity contribution in [2.75, 3.05) is 31.1 Å². The van der Waals surface area contributed by atoms with Crippen molar-refractivity contribution in [3.63, 3.8) is 0 Å². The zero-order chi connectivity index (χ0) is 41.1. The highest BCUT2D eigenvalue weighted by Crippen LogP contribution is 2.55. The number of piperazine rings is 1. The molecule has 2 N–H and O–H groups in total. The van der Waals surface area contributed by atoms with E-state index in [2.05, 4.69) is 54.2 Å². The Kier molecular flexibility index (Phi) is 10.2. The molecule has 5 aliphatic rings. The van der Waals surface area contributed by atoms with Crippen molar-refractivity contribution >= 4 is 46.8 Å². The van der Waals surface area contributed by atoms with E-state index >= 15 is 0 Å². The Labute approximate surface area is 342 Å². The van der Waals surface area contributed by atoms with Crippen molar-refractivity contribution in [3.8, 4) is 17.6 Å². The third-order valence-electron chi connectivity index (χ3n) is 12.8. The van der Waals surface area contributed by atoms with Crippen LogP contribution in [0, 0.1) is 22.2 Å². The predicted octanol–water partition coefficient (Wildman–Crippen LogP) is 5.35. The molecule has 0 spiro atoms. The second kappa shape index (κ2) is 15.1. The minimum Gasteiger partial charge on any atom is -0.490 e. The molecule has 3 atom stereocenters. The van der Waals surface area contributed by atoms with E-state index in [-0.39, 0.29) is 59.0 Å². The van der Waals surface area contributed by atoms with Gasteiger partial charge in [0, 0.05) is 72.8 Å². The molecule has 3 aromatic carbocycles. The normalized spacial score (nSPS) is 26.4. The standard InChI is InChI=1S/C44H47ClN6O7/c1-43(2)41(44(3,4)42(43)58-31-11-7-26(24-46)34(45)23-31)48-37(53)25-5-8-27(9-6-25)49-17-19-50(20-18-49)28-10-12-29(21-28)57-30-13-14-32-33(22-30)40(56)51(39(32)55)35-15-16-36(52)47-38(35)54/h5-9,11,13-14,22-23,28-29,35,41-42H,10,12,15-21H2,1-4H3,(H,48,53)(H,47,52,54)/t28-,29-,35?,41?,42?/m1/s1. The number of anilines is 1. The molecule has 2 saturated heterocycles. The lowest BCUT2D eigenvalue weighted by Crippen LogP contribution is -2.74. The Morgan fingerprint density at radius 1 is 0.845 bits per heavy atom. The molecule has 14 heteroatoms. The molecule has 13 nitrogen and oxygen atoms in total. The number of hydrogen-bond donors (Lipinski definition) is 2. The molecule has 3 heterocycles. The van der Waals surface area contributed by atoms with Gasteiger partial charge in [-0.05, 0) is 80.3 Å². The number of imide groups is 2. The molecule has 0 radical (unpaired) electrons. The summed E-state index contributed by atoms with van der Waals surface area (Å²) >= 11 is 6.25. The lowest BCUT2D eigenvalue weighted by atomic mass is 9.49. The number of nitrogens with one attached hydrogen (secondary N) is 2. The number of ether oxygens (including phenoxy) is 2. The number of benzene rings is 3. The van der Waals surface area contributed by atoms with E-state index in [0.717, 1.165) is 56.0 Å². The molecule has 5 amide bonds. The van der Waals surface area contributed by atoms with Gasteiger partial charge in [0.05, 0.1) is 21.7 Å². The Hall–Kier alpha value is -5.45. The van der Waals surface area contributed by atoms with Gasteiger partial charge in [0.25, 0.3) is 17.7 Å². The van der Waals surface area contributed by atoms with Crippen LogP contribution in [0.25, 0.3) is 0 Å². The van der Waals surface area contributed by atoms with Crippen LogP contribution in [0.3, 0.4) is 0 Å². The summed E-state index contributed by atoms with van der Waals surface area (Å²) in [6.45, 7) is 11.9. The second-order valence-corrected chi connectivity index (χ2v) is 17.6. The SMILES string of the molecule is CC1(C)C(NC(=O)c2ccc(N3CCN([C@@H]4CC[C@@H](Oc5ccc6c(c5)C(=O)N(C5CCC(=O)NC5=O)C6=O)C4)CC3)cc2)C(C)(C)C1Oc1ccc(C#N)c(Cl)c1. The molecule has 0 bridgehead atoms. The van der Waals surface area contributed by atoms with Crippen LogP contribution in [0.15, 0.2) is 60.7 Å². The van der Waals surface area contributed by atoms with Crippen LogP contribution in [0.5, 0.6) is 11.5 Å². The largest absolute Gasteiger partial charge is 0.490 e. The number of halogens is 1. The molecular formula is C44H47ClN6O7. The first-order valence-corrected chi connectivity index (χ1v) is 20.3. The van der Waals surface area contributed by atoms with E-state index in [4.69, 9.17) is 21.1 Å². The lowest BCUT2D eigenvalue weighted by molar-refractivity contribution is -0.164. The average Bonchev–Trinajstić information content (AvgIpc) is 3.77. The summed E-state index contributed by atoms with van der Waals surface area (Å²) < 4.78 is 12.7. The van der Waals surface area contributed by atoms with Crippen molar-refractivity contribution in [2.24, 2.45) is 10.8 Å². The number of fused-ring (bicyclic) bond motifs is 1. The maximum absolute atomic E-state index is 13.5. The maximum atomic E-state index is 13.5. The van der Waals surface area contributed by atoms with Crippen LogP contribution in [-0.2, 0) is 9.59 Å². The molecule has 3 aliphatic heterocycles. The van der Waals surface area contributed by atoms with Crippen molar-refractivity contribution in [2.45, 2.75) is 90.1 Å². The summed E-state index contributed by atoms with van der Waals surface area (Å²) in [4.78, 5) is 69.7. The van der Waals surface area contributed by atoms with Crippen LogP contribution in [0.4, 0.5) is 5.69 Å². The predicted molar refractivity (Wildman–Crippen MR) is 215 cm³/mol. The summed E-state index contributed by atoms with van der Waals surface area (Å²) in [5, 5.41) is 15.1. The van der Waals surface area contributed by atoms with Gasteiger partial charge >= 0.3 is 0 Å². The lowest BCUT2D eigenvalue weighted by Gasteiger charge is -2.63. The minimum atomic E-state index is -1.01. The van der Waals surface area contributed by atoms with Gasteiger partial charge in [0.15, 0.2) is 0 Å².